The largest absolute Gasteiger partial charge is 0.497 e. The first-order valence-electron chi connectivity index (χ1n) is 10.1. The standard InChI is InChI=1S/C24H22N4O4/c1-3-21(23(29)26-17-10-12-25-13-11-17)32-24(30)16-6-9-19-20(14-16)28-22(27-19)15-4-7-18(31-2)8-5-15/h4-14,21H,3H2,1-2H3,(H,27,28)(H,25,26,29). The van der Waals surface area contributed by atoms with Crippen LogP contribution >= 0.6 is 0 Å². The van der Waals surface area contributed by atoms with E-state index < -0.39 is 18.0 Å². The number of imidazole rings is 1. The monoisotopic (exact) mass is 430 g/mol. The smallest absolute Gasteiger partial charge is 0.338 e. The molecule has 2 heterocycles. The Labute approximate surface area is 184 Å². The third-order valence-corrected chi connectivity index (χ3v) is 4.94. The molecule has 0 aliphatic carbocycles. The Morgan fingerprint density at radius 1 is 1.06 bits per heavy atom. The number of carbonyl (C=O) groups is 2. The van der Waals surface area contributed by atoms with Gasteiger partial charge in [0.1, 0.15) is 11.6 Å². The highest BCUT2D eigenvalue weighted by Gasteiger charge is 2.22. The number of fused-ring (bicyclic) bond motifs is 1. The molecule has 0 spiro atoms. The van der Waals surface area contributed by atoms with Crippen LogP contribution in [-0.4, -0.2) is 40.0 Å². The zero-order valence-electron chi connectivity index (χ0n) is 17.7. The van der Waals surface area contributed by atoms with Gasteiger partial charge < -0.3 is 19.8 Å². The van der Waals surface area contributed by atoms with Crippen molar-refractivity contribution >= 4 is 28.6 Å². The number of ether oxygens (including phenoxy) is 2. The van der Waals surface area contributed by atoms with Gasteiger partial charge in [-0.15, -0.1) is 0 Å². The molecule has 0 saturated carbocycles. The van der Waals surface area contributed by atoms with E-state index in [1.807, 2.05) is 24.3 Å². The lowest BCUT2D eigenvalue weighted by Crippen LogP contribution is -2.32. The third kappa shape index (κ3) is 4.59. The van der Waals surface area contributed by atoms with Gasteiger partial charge in [0.25, 0.3) is 5.91 Å². The summed E-state index contributed by atoms with van der Waals surface area (Å²) in [5.41, 5.74) is 3.22. The normalized spacial score (nSPS) is 11.7. The lowest BCUT2D eigenvalue weighted by Gasteiger charge is -2.16. The Kier molecular flexibility index (Phi) is 6.12. The van der Waals surface area contributed by atoms with Crippen molar-refractivity contribution in [1.29, 1.82) is 0 Å². The number of rotatable bonds is 7. The minimum Gasteiger partial charge on any atom is -0.497 e. The molecule has 162 valence electrons. The third-order valence-electron chi connectivity index (χ3n) is 4.94. The molecule has 2 aromatic heterocycles. The Morgan fingerprint density at radius 2 is 1.81 bits per heavy atom. The minimum absolute atomic E-state index is 0.331. The number of aromatic nitrogens is 3. The van der Waals surface area contributed by atoms with Crippen LogP contribution < -0.4 is 10.1 Å². The Hall–Kier alpha value is -4.20. The van der Waals surface area contributed by atoms with E-state index in [-0.39, 0.29) is 0 Å². The van der Waals surface area contributed by atoms with Gasteiger partial charge >= 0.3 is 5.97 Å². The number of hydrogen-bond donors (Lipinski definition) is 2. The van der Waals surface area contributed by atoms with Gasteiger partial charge in [0.15, 0.2) is 6.10 Å². The molecule has 4 aromatic rings. The number of nitrogens with one attached hydrogen (secondary N) is 2. The molecule has 8 nitrogen and oxygen atoms in total. The van der Waals surface area contributed by atoms with Gasteiger partial charge in [-0.1, -0.05) is 6.92 Å². The van der Waals surface area contributed by atoms with E-state index in [9.17, 15) is 9.59 Å². The van der Waals surface area contributed by atoms with Crippen molar-refractivity contribution in [3.63, 3.8) is 0 Å². The molecule has 1 atom stereocenters. The summed E-state index contributed by atoms with van der Waals surface area (Å²) in [6, 6.07) is 15.9. The molecule has 0 fully saturated rings. The molecule has 0 saturated heterocycles. The maximum Gasteiger partial charge on any atom is 0.338 e. The fourth-order valence-electron chi connectivity index (χ4n) is 3.20. The predicted octanol–water partition coefficient (Wildman–Crippen LogP) is 4.21. The van der Waals surface area contributed by atoms with E-state index >= 15 is 0 Å². The zero-order valence-corrected chi connectivity index (χ0v) is 17.7. The number of methoxy groups -OCH3 is 1. The molecule has 0 radical (unpaired) electrons. The molecule has 1 unspecified atom stereocenters. The number of hydrogen-bond acceptors (Lipinski definition) is 6. The summed E-state index contributed by atoms with van der Waals surface area (Å²) >= 11 is 0. The van der Waals surface area contributed by atoms with Crippen molar-refractivity contribution < 1.29 is 19.1 Å². The van der Waals surface area contributed by atoms with E-state index in [0.717, 1.165) is 16.8 Å². The first-order chi connectivity index (χ1) is 15.6. The van der Waals surface area contributed by atoms with Crippen molar-refractivity contribution in [2.24, 2.45) is 0 Å². The van der Waals surface area contributed by atoms with Gasteiger partial charge in [-0.25, -0.2) is 9.78 Å². The molecule has 2 aromatic carbocycles. The summed E-state index contributed by atoms with van der Waals surface area (Å²) < 4.78 is 10.7. The predicted molar refractivity (Wildman–Crippen MR) is 120 cm³/mol. The van der Waals surface area contributed by atoms with Gasteiger partial charge in [-0.05, 0) is 61.0 Å². The number of esters is 1. The molecule has 0 aliphatic heterocycles. The van der Waals surface area contributed by atoms with E-state index in [1.165, 1.54) is 0 Å². The van der Waals surface area contributed by atoms with Crippen LogP contribution in [0.4, 0.5) is 5.69 Å². The van der Waals surface area contributed by atoms with E-state index in [0.29, 0.717) is 29.0 Å². The number of nitrogens with zero attached hydrogens (tertiary/aromatic N) is 2. The van der Waals surface area contributed by atoms with Crippen molar-refractivity contribution in [2.75, 3.05) is 12.4 Å². The number of anilines is 1. The maximum atomic E-state index is 12.7. The van der Waals surface area contributed by atoms with Crippen molar-refractivity contribution in [3.8, 4) is 17.1 Å². The summed E-state index contributed by atoms with van der Waals surface area (Å²) in [6.07, 6.45) is 2.57. The average molecular weight is 430 g/mol. The van der Waals surface area contributed by atoms with Crippen LogP contribution in [0.1, 0.15) is 23.7 Å². The lowest BCUT2D eigenvalue weighted by molar-refractivity contribution is -0.124. The van der Waals surface area contributed by atoms with Crippen LogP contribution in [0.2, 0.25) is 0 Å². The van der Waals surface area contributed by atoms with Crippen LogP contribution in [0.3, 0.4) is 0 Å². The molecule has 0 bridgehead atoms. The topological polar surface area (TPSA) is 106 Å². The van der Waals surface area contributed by atoms with Gasteiger partial charge in [0.2, 0.25) is 0 Å². The highest BCUT2D eigenvalue weighted by atomic mass is 16.5. The number of pyridine rings is 1. The van der Waals surface area contributed by atoms with E-state index in [2.05, 4.69) is 20.3 Å². The van der Waals surface area contributed by atoms with Gasteiger partial charge in [0, 0.05) is 23.6 Å². The number of amides is 1. The van der Waals surface area contributed by atoms with Crippen molar-refractivity contribution in [1.82, 2.24) is 15.0 Å². The quantitative estimate of drug-likeness (QED) is 0.426. The van der Waals surface area contributed by atoms with Gasteiger partial charge in [0.05, 0.1) is 23.7 Å². The molecular weight excluding hydrogens is 408 g/mol. The molecule has 1 amide bonds. The lowest BCUT2D eigenvalue weighted by atomic mass is 10.2. The van der Waals surface area contributed by atoms with Crippen LogP contribution in [-0.2, 0) is 9.53 Å². The average Bonchev–Trinajstić information content (AvgIpc) is 3.26. The fourth-order valence-corrected chi connectivity index (χ4v) is 3.20. The Morgan fingerprint density at radius 3 is 2.50 bits per heavy atom. The number of aromatic amines is 1. The van der Waals surface area contributed by atoms with Crippen LogP contribution in [0, 0.1) is 0 Å². The maximum absolute atomic E-state index is 12.7. The number of H-pyrrole nitrogens is 1. The molecule has 0 aliphatic rings. The van der Waals surface area contributed by atoms with Crippen LogP contribution in [0.25, 0.3) is 22.4 Å². The fraction of sp³-hybridized carbons (Fsp3) is 0.167. The summed E-state index contributed by atoms with van der Waals surface area (Å²) in [5.74, 6) is 0.463. The summed E-state index contributed by atoms with van der Waals surface area (Å²) in [7, 11) is 1.61. The summed E-state index contributed by atoms with van der Waals surface area (Å²) in [4.78, 5) is 36.9. The van der Waals surface area contributed by atoms with Gasteiger partial charge in [-0.2, -0.15) is 0 Å². The number of carbonyl (C=O) groups excluding carboxylic acids is 2. The number of benzene rings is 2. The molecule has 4 rings (SSSR count). The summed E-state index contributed by atoms with van der Waals surface area (Å²) in [6.45, 7) is 1.78. The first kappa shape index (κ1) is 21.0. The zero-order chi connectivity index (χ0) is 22.5. The molecular formula is C24H22N4O4. The molecule has 2 N–H and O–H groups in total. The second kappa shape index (κ2) is 9.30. The first-order valence-corrected chi connectivity index (χ1v) is 10.1. The van der Waals surface area contributed by atoms with Crippen molar-refractivity contribution in [2.45, 2.75) is 19.4 Å². The second-order valence-corrected chi connectivity index (χ2v) is 7.07. The molecule has 8 heteroatoms. The Balaban J connectivity index is 1.49. The molecule has 32 heavy (non-hydrogen) atoms. The van der Waals surface area contributed by atoms with E-state index in [4.69, 9.17) is 9.47 Å². The van der Waals surface area contributed by atoms with Crippen LogP contribution in [0.5, 0.6) is 5.75 Å². The Bertz CT molecular complexity index is 1240. The van der Waals surface area contributed by atoms with E-state index in [1.54, 1.807) is 56.8 Å². The minimum atomic E-state index is -0.914. The van der Waals surface area contributed by atoms with Crippen LogP contribution in [0.15, 0.2) is 67.0 Å². The summed E-state index contributed by atoms with van der Waals surface area (Å²) in [5, 5.41) is 2.73. The van der Waals surface area contributed by atoms with Crippen molar-refractivity contribution in [3.05, 3.63) is 72.6 Å². The second-order valence-electron chi connectivity index (χ2n) is 7.07. The highest BCUT2D eigenvalue weighted by molar-refractivity contribution is 5.98. The van der Waals surface area contributed by atoms with Gasteiger partial charge in [-0.3, -0.25) is 9.78 Å². The SMILES string of the molecule is CCC(OC(=O)c1ccc2nc(-c3ccc(OC)cc3)[nH]c2c1)C(=O)Nc1ccncc1. The highest BCUT2D eigenvalue weighted by Crippen LogP contribution is 2.24.